The van der Waals surface area contributed by atoms with Gasteiger partial charge in [0.15, 0.2) is 5.96 Å². The van der Waals surface area contributed by atoms with Crippen molar-refractivity contribution in [2.45, 2.75) is 25.9 Å². The maximum absolute atomic E-state index is 5.76. The van der Waals surface area contributed by atoms with Crippen LogP contribution in [0.5, 0.6) is 0 Å². The molecule has 1 aliphatic heterocycles. The van der Waals surface area contributed by atoms with E-state index in [0.29, 0.717) is 6.54 Å². The summed E-state index contributed by atoms with van der Waals surface area (Å²) in [7, 11) is 2.13. The van der Waals surface area contributed by atoms with Crippen LogP contribution in [-0.4, -0.2) is 63.3 Å². The molecule has 0 radical (unpaired) electrons. The average Bonchev–Trinajstić information content (AvgIpc) is 2.57. The first-order valence-corrected chi connectivity index (χ1v) is 8.64. The highest BCUT2D eigenvalue weighted by atomic mass is 127. The van der Waals surface area contributed by atoms with Gasteiger partial charge in [-0.15, -0.1) is 24.0 Å². The lowest BCUT2D eigenvalue weighted by atomic mass is 10.1. The summed E-state index contributed by atoms with van der Waals surface area (Å²) >= 11 is 0. The number of rotatable bonds is 7. The number of aliphatic imine (C=N–C) groups is 1. The number of benzene rings is 1. The molecule has 1 aromatic rings. The minimum absolute atomic E-state index is 0. The van der Waals surface area contributed by atoms with E-state index in [2.05, 4.69) is 64.8 Å². The van der Waals surface area contributed by atoms with Gasteiger partial charge in [-0.05, 0) is 32.4 Å². The molecule has 1 unspecified atom stereocenters. The van der Waals surface area contributed by atoms with Gasteiger partial charge < -0.3 is 20.3 Å². The van der Waals surface area contributed by atoms with Crippen LogP contribution in [0, 0.1) is 0 Å². The Balaban J connectivity index is 0.00000288. The normalized spacial score (nSPS) is 18.8. The molecule has 24 heavy (non-hydrogen) atoms. The molecule has 1 aromatic carbocycles. The van der Waals surface area contributed by atoms with Gasteiger partial charge in [-0.1, -0.05) is 30.3 Å². The number of aryl methyl sites for hydroxylation is 1. The van der Waals surface area contributed by atoms with Crippen LogP contribution in [0.1, 0.15) is 18.9 Å². The summed E-state index contributed by atoms with van der Waals surface area (Å²) in [5.41, 5.74) is 1.38. The molecule has 6 heteroatoms. The van der Waals surface area contributed by atoms with Crippen molar-refractivity contribution in [3.05, 3.63) is 35.9 Å². The van der Waals surface area contributed by atoms with E-state index < -0.39 is 0 Å². The van der Waals surface area contributed by atoms with Crippen molar-refractivity contribution in [3.8, 4) is 0 Å². The fourth-order valence-electron chi connectivity index (χ4n) is 2.66. The molecule has 5 nitrogen and oxygen atoms in total. The van der Waals surface area contributed by atoms with Crippen LogP contribution >= 0.6 is 24.0 Å². The van der Waals surface area contributed by atoms with Crippen molar-refractivity contribution in [3.63, 3.8) is 0 Å². The minimum Gasteiger partial charge on any atom is -0.374 e. The Morgan fingerprint density at radius 2 is 2.08 bits per heavy atom. The van der Waals surface area contributed by atoms with Crippen molar-refractivity contribution in [2.24, 2.45) is 4.99 Å². The Bertz CT molecular complexity index is 469. The molecule has 0 saturated carbocycles. The summed E-state index contributed by atoms with van der Waals surface area (Å²) in [5, 5.41) is 6.71. The molecule has 2 N–H and O–H groups in total. The zero-order valence-electron chi connectivity index (χ0n) is 14.8. The first-order chi connectivity index (χ1) is 11.3. The van der Waals surface area contributed by atoms with Crippen molar-refractivity contribution in [1.82, 2.24) is 15.5 Å². The third-order valence-corrected chi connectivity index (χ3v) is 3.92. The number of nitrogens with one attached hydrogen (secondary N) is 2. The first kappa shape index (κ1) is 21.2. The molecule has 0 spiro atoms. The predicted molar refractivity (Wildman–Crippen MR) is 111 cm³/mol. The molecule has 1 atom stereocenters. The summed E-state index contributed by atoms with van der Waals surface area (Å²) in [6.45, 7) is 7.36. The fourth-order valence-corrected chi connectivity index (χ4v) is 2.66. The molecule has 0 aromatic heterocycles. The first-order valence-electron chi connectivity index (χ1n) is 8.64. The Morgan fingerprint density at radius 3 is 2.79 bits per heavy atom. The maximum atomic E-state index is 5.76. The molecule has 1 fully saturated rings. The Hall–Kier alpha value is -0.860. The monoisotopic (exact) mass is 446 g/mol. The van der Waals surface area contributed by atoms with E-state index in [1.807, 2.05) is 0 Å². The molecule has 2 rings (SSSR count). The molecule has 0 amide bonds. The number of nitrogens with zero attached hydrogens (tertiary/aromatic N) is 2. The minimum atomic E-state index is 0. The number of halogens is 1. The van der Waals surface area contributed by atoms with E-state index >= 15 is 0 Å². The van der Waals surface area contributed by atoms with Gasteiger partial charge in [0, 0.05) is 26.2 Å². The van der Waals surface area contributed by atoms with Crippen LogP contribution < -0.4 is 10.6 Å². The number of morpholine rings is 1. The Morgan fingerprint density at radius 1 is 1.29 bits per heavy atom. The van der Waals surface area contributed by atoms with Gasteiger partial charge in [0.2, 0.25) is 0 Å². The lowest BCUT2D eigenvalue weighted by molar-refractivity contribution is -0.0136. The van der Waals surface area contributed by atoms with E-state index in [1.54, 1.807) is 0 Å². The molecule has 0 bridgehead atoms. The number of guanidine groups is 1. The quantitative estimate of drug-likeness (QED) is 0.292. The second-order valence-corrected chi connectivity index (χ2v) is 5.99. The molecule has 0 aliphatic carbocycles. The summed E-state index contributed by atoms with van der Waals surface area (Å²) in [6.07, 6.45) is 2.38. The standard InChI is InChI=1S/C18H30N4O.HI/c1-3-19-18(21-14-17-15-22(2)12-13-23-17)20-11-7-10-16-8-5-4-6-9-16;/h4-6,8-9,17H,3,7,10-15H2,1-2H3,(H2,19,20,21);1H. The predicted octanol–water partition coefficient (Wildman–Crippen LogP) is 2.12. The van der Waals surface area contributed by atoms with E-state index in [4.69, 9.17) is 4.74 Å². The third-order valence-electron chi connectivity index (χ3n) is 3.92. The third kappa shape index (κ3) is 8.30. The SMILES string of the molecule is CCNC(=NCC1CN(C)CCO1)NCCCc1ccccc1.I. The highest BCUT2D eigenvalue weighted by molar-refractivity contribution is 14.0. The van der Waals surface area contributed by atoms with Gasteiger partial charge in [0.25, 0.3) is 0 Å². The van der Waals surface area contributed by atoms with Crippen LogP contribution in [0.15, 0.2) is 35.3 Å². The van der Waals surface area contributed by atoms with Crippen molar-refractivity contribution < 1.29 is 4.74 Å². The second kappa shape index (κ2) is 12.5. The van der Waals surface area contributed by atoms with Gasteiger partial charge in [-0.25, -0.2) is 0 Å². The highest BCUT2D eigenvalue weighted by Crippen LogP contribution is 2.03. The molecule has 136 valence electrons. The van der Waals surface area contributed by atoms with Gasteiger partial charge in [-0.2, -0.15) is 0 Å². The zero-order chi connectivity index (χ0) is 16.3. The largest absolute Gasteiger partial charge is 0.374 e. The molecular formula is C18H31IN4O. The molecule has 1 heterocycles. The molecule has 1 aliphatic rings. The number of hydrogen-bond donors (Lipinski definition) is 2. The van der Waals surface area contributed by atoms with Crippen LogP contribution in [0.2, 0.25) is 0 Å². The zero-order valence-corrected chi connectivity index (χ0v) is 17.2. The number of ether oxygens (including phenoxy) is 1. The van der Waals surface area contributed by atoms with Gasteiger partial charge in [0.05, 0.1) is 19.3 Å². The van der Waals surface area contributed by atoms with Crippen molar-refractivity contribution in [2.75, 3.05) is 46.4 Å². The Labute approximate surface area is 163 Å². The lowest BCUT2D eigenvalue weighted by Crippen LogP contribution is -2.43. The number of hydrogen-bond acceptors (Lipinski definition) is 3. The van der Waals surface area contributed by atoms with Gasteiger partial charge >= 0.3 is 0 Å². The summed E-state index contributed by atoms with van der Waals surface area (Å²) in [4.78, 5) is 6.95. The second-order valence-electron chi connectivity index (χ2n) is 5.99. The van der Waals surface area contributed by atoms with Crippen LogP contribution in [0.25, 0.3) is 0 Å². The topological polar surface area (TPSA) is 48.9 Å². The van der Waals surface area contributed by atoms with E-state index in [9.17, 15) is 0 Å². The summed E-state index contributed by atoms with van der Waals surface area (Å²) in [6, 6.07) is 10.6. The molecule has 1 saturated heterocycles. The molecular weight excluding hydrogens is 415 g/mol. The van der Waals surface area contributed by atoms with Crippen molar-refractivity contribution in [1.29, 1.82) is 0 Å². The maximum Gasteiger partial charge on any atom is 0.191 e. The van der Waals surface area contributed by atoms with Crippen LogP contribution in [0.3, 0.4) is 0 Å². The van der Waals surface area contributed by atoms with E-state index in [1.165, 1.54) is 5.56 Å². The van der Waals surface area contributed by atoms with E-state index in [0.717, 1.165) is 51.6 Å². The van der Waals surface area contributed by atoms with Crippen molar-refractivity contribution >= 4 is 29.9 Å². The van der Waals surface area contributed by atoms with Gasteiger partial charge in [0.1, 0.15) is 0 Å². The lowest BCUT2D eigenvalue weighted by Gasteiger charge is -2.29. The van der Waals surface area contributed by atoms with Gasteiger partial charge in [-0.3, -0.25) is 4.99 Å². The average molecular weight is 446 g/mol. The smallest absolute Gasteiger partial charge is 0.191 e. The van der Waals surface area contributed by atoms with Crippen LogP contribution in [-0.2, 0) is 11.2 Å². The van der Waals surface area contributed by atoms with Crippen LogP contribution in [0.4, 0.5) is 0 Å². The summed E-state index contributed by atoms with van der Waals surface area (Å²) < 4.78 is 5.76. The summed E-state index contributed by atoms with van der Waals surface area (Å²) in [5.74, 6) is 0.886. The highest BCUT2D eigenvalue weighted by Gasteiger charge is 2.17. The Kier molecular flexibility index (Phi) is 11.0. The van der Waals surface area contributed by atoms with E-state index in [-0.39, 0.29) is 30.1 Å². The number of likely N-dealkylation sites (N-methyl/N-ethyl adjacent to an activating group) is 1. The fraction of sp³-hybridized carbons (Fsp3) is 0.611.